The van der Waals surface area contributed by atoms with E-state index in [9.17, 15) is 4.79 Å². The molecule has 0 aromatic heterocycles. The molecule has 2 fully saturated rings. The Balaban J connectivity index is 1.74. The summed E-state index contributed by atoms with van der Waals surface area (Å²) in [4.78, 5) is 17.3. The Bertz CT molecular complexity index is 602. The minimum absolute atomic E-state index is 0.0138. The second-order valence-electron chi connectivity index (χ2n) is 6.36. The molecule has 0 saturated carbocycles. The molecule has 2 saturated heterocycles. The molecule has 24 heavy (non-hydrogen) atoms. The number of likely N-dealkylation sites (tertiary alicyclic amines) is 2. The van der Waals surface area contributed by atoms with Gasteiger partial charge in [-0.2, -0.15) is 0 Å². The second kappa shape index (κ2) is 7.62. The summed E-state index contributed by atoms with van der Waals surface area (Å²) in [6.45, 7) is 6.30. The van der Waals surface area contributed by atoms with Crippen LogP contribution < -0.4 is 9.47 Å². The summed E-state index contributed by atoms with van der Waals surface area (Å²) in [5, 5.41) is 0.412. The van der Waals surface area contributed by atoms with Gasteiger partial charge >= 0.3 is 0 Å². The third-order valence-corrected chi connectivity index (χ3v) is 5.15. The molecule has 3 rings (SSSR count). The molecule has 1 atom stereocenters. The zero-order valence-corrected chi connectivity index (χ0v) is 15.1. The average molecular weight is 353 g/mol. The standard InChI is InChI=1S/C18H25ClN2O3/c1-3-24-17-15(19)10-13(11-16(17)23-2)18(22)21-9-6-14(12-21)20-7-4-5-8-20/h10-11,14H,3-9,12H2,1-2H3. The van der Waals surface area contributed by atoms with Crippen LogP contribution in [0.2, 0.25) is 5.02 Å². The van der Waals surface area contributed by atoms with Crippen molar-refractivity contribution in [1.29, 1.82) is 0 Å². The fourth-order valence-electron chi connectivity index (χ4n) is 3.64. The number of halogens is 1. The van der Waals surface area contributed by atoms with Crippen molar-refractivity contribution in [3.63, 3.8) is 0 Å². The monoisotopic (exact) mass is 352 g/mol. The van der Waals surface area contributed by atoms with Gasteiger partial charge in [0.2, 0.25) is 0 Å². The summed E-state index contributed by atoms with van der Waals surface area (Å²) in [7, 11) is 1.56. The minimum atomic E-state index is 0.0138. The lowest BCUT2D eigenvalue weighted by Crippen LogP contribution is -2.37. The van der Waals surface area contributed by atoms with Crippen LogP contribution in [0, 0.1) is 0 Å². The summed E-state index contributed by atoms with van der Waals surface area (Å²) in [5.41, 5.74) is 0.558. The number of benzene rings is 1. The predicted molar refractivity (Wildman–Crippen MR) is 94.3 cm³/mol. The zero-order valence-electron chi connectivity index (χ0n) is 14.4. The minimum Gasteiger partial charge on any atom is -0.493 e. The average Bonchev–Trinajstić information content (AvgIpc) is 3.27. The molecule has 0 aliphatic carbocycles. The van der Waals surface area contributed by atoms with Crippen molar-refractivity contribution in [2.75, 3.05) is 39.9 Å². The lowest BCUT2D eigenvalue weighted by molar-refractivity contribution is 0.0779. The molecular weight excluding hydrogens is 328 g/mol. The van der Waals surface area contributed by atoms with Gasteiger partial charge in [-0.3, -0.25) is 9.69 Å². The number of carbonyl (C=O) groups is 1. The first-order valence-electron chi connectivity index (χ1n) is 8.67. The van der Waals surface area contributed by atoms with Gasteiger partial charge in [-0.15, -0.1) is 0 Å². The second-order valence-corrected chi connectivity index (χ2v) is 6.77. The van der Waals surface area contributed by atoms with Crippen molar-refractivity contribution in [1.82, 2.24) is 9.80 Å². The van der Waals surface area contributed by atoms with Crippen LogP contribution in [0.15, 0.2) is 12.1 Å². The Labute approximate surface area is 148 Å². The normalized spacial score (nSPS) is 21.3. The maximum Gasteiger partial charge on any atom is 0.254 e. The van der Waals surface area contributed by atoms with Crippen LogP contribution in [0.5, 0.6) is 11.5 Å². The summed E-state index contributed by atoms with van der Waals surface area (Å²) >= 11 is 6.29. The lowest BCUT2D eigenvalue weighted by Gasteiger charge is -2.24. The van der Waals surface area contributed by atoms with Gasteiger partial charge in [-0.05, 0) is 51.4 Å². The van der Waals surface area contributed by atoms with Crippen LogP contribution in [0.4, 0.5) is 0 Å². The van der Waals surface area contributed by atoms with Gasteiger partial charge in [0.15, 0.2) is 11.5 Å². The number of amides is 1. The molecule has 1 unspecified atom stereocenters. The van der Waals surface area contributed by atoms with E-state index in [1.165, 1.54) is 12.8 Å². The van der Waals surface area contributed by atoms with Crippen molar-refractivity contribution in [2.24, 2.45) is 0 Å². The number of ether oxygens (including phenoxy) is 2. The molecule has 2 aliphatic rings. The Morgan fingerprint density at radius 2 is 2.04 bits per heavy atom. The zero-order chi connectivity index (χ0) is 17.1. The van der Waals surface area contributed by atoms with Crippen molar-refractivity contribution >= 4 is 17.5 Å². The van der Waals surface area contributed by atoms with Crippen LogP contribution in [-0.4, -0.2) is 61.6 Å². The Hall–Kier alpha value is -1.46. The molecule has 0 spiro atoms. The predicted octanol–water partition coefficient (Wildman–Crippen LogP) is 3.06. The van der Waals surface area contributed by atoms with Gasteiger partial charge in [0, 0.05) is 24.7 Å². The van der Waals surface area contributed by atoms with E-state index >= 15 is 0 Å². The summed E-state index contributed by atoms with van der Waals surface area (Å²) < 4.78 is 10.9. The van der Waals surface area contributed by atoms with E-state index in [2.05, 4.69) is 4.90 Å². The number of carbonyl (C=O) groups excluding carboxylic acids is 1. The van der Waals surface area contributed by atoms with Gasteiger partial charge < -0.3 is 14.4 Å². The quantitative estimate of drug-likeness (QED) is 0.816. The highest BCUT2D eigenvalue weighted by molar-refractivity contribution is 6.32. The van der Waals surface area contributed by atoms with Gasteiger partial charge in [0.25, 0.3) is 5.91 Å². The van der Waals surface area contributed by atoms with Crippen LogP contribution in [0.25, 0.3) is 0 Å². The van der Waals surface area contributed by atoms with Crippen LogP contribution in [0.1, 0.15) is 36.5 Å². The van der Waals surface area contributed by atoms with Crippen LogP contribution in [0.3, 0.4) is 0 Å². The maximum atomic E-state index is 12.8. The fourth-order valence-corrected chi connectivity index (χ4v) is 3.91. The van der Waals surface area contributed by atoms with E-state index < -0.39 is 0 Å². The first kappa shape index (κ1) is 17.4. The molecule has 1 aromatic rings. The largest absolute Gasteiger partial charge is 0.493 e. The van der Waals surface area contributed by atoms with E-state index in [-0.39, 0.29) is 5.91 Å². The first-order valence-corrected chi connectivity index (χ1v) is 9.05. The van der Waals surface area contributed by atoms with E-state index in [0.29, 0.717) is 34.7 Å². The van der Waals surface area contributed by atoms with Crippen LogP contribution in [-0.2, 0) is 0 Å². The highest BCUT2D eigenvalue weighted by Gasteiger charge is 2.32. The molecule has 1 amide bonds. The molecule has 0 radical (unpaired) electrons. The van der Waals surface area contributed by atoms with Crippen molar-refractivity contribution in [2.45, 2.75) is 32.2 Å². The molecule has 1 aromatic carbocycles. The fraction of sp³-hybridized carbons (Fsp3) is 0.611. The molecule has 2 aliphatic heterocycles. The topological polar surface area (TPSA) is 42.0 Å². The molecule has 2 heterocycles. The van der Waals surface area contributed by atoms with E-state index in [4.69, 9.17) is 21.1 Å². The Morgan fingerprint density at radius 1 is 1.29 bits per heavy atom. The van der Waals surface area contributed by atoms with Crippen molar-refractivity contribution in [3.05, 3.63) is 22.7 Å². The molecule has 0 N–H and O–H groups in total. The van der Waals surface area contributed by atoms with Gasteiger partial charge in [-0.1, -0.05) is 11.6 Å². The Kier molecular flexibility index (Phi) is 5.51. The van der Waals surface area contributed by atoms with E-state index in [1.807, 2.05) is 11.8 Å². The highest BCUT2D eigenvalue weighted by atomic mass is 35.5. The highest BCUT2D eigenvalue weighted by Crippen LogP contribution is 2.37. The lowest BCUT2D eigenvalue weighted by atomic mass is 10.1. The van der Waals surface area contributed by atoms with Crippen molar-refractivity contribution in [3.8, 4) is 11.5 Å². The Morgan fingerprint density at radius 3 is 2.71 bits per heavy atom. The smallest absolute Gasteiger partial charge is 0.254 e. The van der Waals surface area contributed by atoms with Gasteiger partial charge in [0.05, 0.1) is 18.7 Å². The summed E-state index contributed by atoms with van der Waals surface area (Å²) in [6.07, 6.45) is 3.60. The molecule has 0 bridgehead atoms. The number of hydrogen-bond donors (Lipinski definition) is 0. The van der Waals surface area contributed by atoms with Gasteiger partial charge in [0.1, 0.15) is 0 Å². The van der Waals surface area contributed by atoms with E-state index in [0.717, 1.165) is 32.6 Å². The molecular formula is C18H25ClN2O3. The number of rotatable bonds is 5. The van der Waals surface area contributed by atoms with Gasteiger partial charge in [-0.25, -0.2) is 0 Å². The molecule has 132 valence electrons. The van der Waals surface area contributed by atoms with Crippen LogP contribution >= 0.6 is 11.6 Å². The number of hydrogen-bond acceptors (Lipinski definition) is 4. The number of nitrogens with zero attached hydrogens (tertiary/aromatic N) is 2. The first-order chi connectivity index (χ1) is 11.6. The summed E-state index contributed by atoms with van der Waals surface area (Å²) in [6, 6.07) is 3.90. The summed E-state index contributed by atoms with van der Waals surface area (Å²) in [5.74, 6) is 1.01. The third-order valence-electron chi connectivity index (χ3n) is 4.87. The third kappa shape index (κ3) is 3.47. The van der Waals surface area contributed by atoms with E-state index in [1.54, 1.807) is 19.2 Å². The SMILES string of the molecule is CCOc1c(Cl)cc(C(=O)N2CCC(N3CCCC3)C2)cc1OC. The molecule has 5 nitrogen and oxygen atoms in total. The number of methoxy groups -OCH3 is 1. The van der Waals surface area contributed by atoms with Crippen molar-refractivity contribution < 1.29 is 14.3 Å². The molecule has 6 heteroatoms. The maximum absolute atomic E-state index is 12.8.